The zero-order chi connectivity index (χ0) is 20.4. The van der Waals surface area contributed by atoms with Crippen LogP contribution in [0.25, 0.3) is 11.0 Å². The van der Waals surface area contributed by atoms with Crippen molar-refractivity contribution in [1.82, 2.24) is 5.32 Å². The molecule has 0 saturated carbocycles. The summed E-state index contributed by atoms with van der Waals surface area (Å²) >= 11 is 0. The van der Waals surface area contributed by atoms with Crippen molar-refractivity contribution in [1.29, 1.82) is 0 Å². The molecule has 2 heterocycles. The third kappa shape index (κ3) is 4.30. The minimum Gasteiger partial charge on any atom is -0.508 e. The van der Waals surface area contributed by atoms with Gasteiger partial charge in [0.15, 0.2) is 0 Å². The van der Waals surface area contributed by atoms with Crippen LogP contribution in [0.15, 0.2) is 51.9 Å². The van der Waals surface area contributed by atoms with Crippen LogP contribution in [0.2, 0.25) is 0 Å². The molecule has 7 heteroatoms. The third-order valence-corrected chi connectivity index (χ3v) is 4.87. The first-order chi connectivity index (χ1) is 14.0. The molecule has 1 amide bonds. The quantitative estimate of drug-likeness (QED) is 0.704. The highest BCUT2D eigenvalue weighted by atomic mass is 19.1. The Hall–Kier alpha value is -3.19. The van der Waals surface area contributed by atoms with Gasteiger partial charge in [-0.25, -0.2) is 9.38 Å². The number of benzene rings is 2. The molecule has 3 aromatic rings. The summed E-state index contributed by atoms with van der Waals surface area (Å²) in [5.41, 5.74) is 1.62. The van der Waals surface area contributed by atoms with Gasteiger partial charge in [0, 0.05) is 24.6 Å². The first-order valence-electron chi connectivity index (χ1n) is 9.47. The van der Waals surface area contributed by atoms with E-state index in [2.05, 4.69) is 10.3 Å². The molecule has 29 heavy (non-hydrogen) atoms. The summed E-state index contributed by atoms with van der Waals surface area (Å²) in [5, 5.41) is 13.3. The number of fused-ring (bicyclic) bond motifs is 1. The third-order valence-electron chi connectivity index (χ3n) is 4.87. The summed E-state index contributed by atoms with van der Waals surface area (Å²) in [6, 6.07) is 10.7. The van der Waals surface area contributed by atoms with Gasteiger partial charge in [0.05, 0.1) is 11.8 Å². The minimum atomic E-state index is -0.336. The number of carbonyl (C=O) groups is 1. The molecule has 0 bridgehead atoms. The van der Waals surface area contributed by atoms with Crippen molar-refractivity contribution >= 4 is 22.6 Å². The Labute approximate surface area is 166 Å². The van der Waals surface area contributed by atoms with E-state index >= 15 is 0 Å². The first-order valence-corrected chi connectivity index (χ1v) is 9.47. The van der Waals surface area contributed by atoms with Crippen LogP contribution in [0, 0.1) is 12.7 Å². The predicted octanol–water partition coefficient (Wildman–Crippen LogP) is 3.73. The summed E-state index contributed by atoms with van der Waals surface area (Å²) in [5.74, 6) is -0.629. The maximum Gasteiger partial charge on any atom is 0.256 e. The monoisotopic (exact) mass is 396 g/mol. The molecule has 1 aromatic heterocycles. The molecule has 0 spiro atoms. The SMILES string of the molecule is Cc1cc(N=c2oc3cc(O)ccc3cc2C(=O)NCC2CCCO2)ccc1F. The number of nitrogens with one attached hydrogen (secondary N) is 1. The van der Waals surface area contributed by atoms with Crippen molar-refractivity contribution in [2.75, 3.05) is 13.2 Å². The smallest absolute Gasteiger partial charge is 0.256 e. The van der Waals surface area contributed by atoms with Crippen molar-refractivity contribution in [2.45, 2.75) is 25.9 Å². The fraction of sp³-hybridized carbons (Fsp3) is 0.273. The molecule has 1 saturated heterocycles. The average molecular weight is 396 g/mol. The predicted molar refractivity (Wildman–Crippen MR) is 106 cm³/mol. The van der Waals surface area contributed by atoms with Gasteiger partial charge >= 0.3 is 0 Å². The van der Waals surface area contributed by atoms with E-state index in [1.165, 1.54) is 24.3 Å². The summed E-state index contributed by atoms with van der Waals surface area (Å²) in [4.78, 5) is 17.3. The number of amides is 1. The Balaban J connectivity index is 1.76. The molecule has 1 aliphatic heterocycles. The van der Waals surface area contributed by atoms with E-state index in [1.807, 2.05) is 0 Å². The lowest BCUT2D eigenvalue weighted by atomic mass is 10.1. The average Bonchev–Trinajstić information content (AvgIpc) is 3.22. The number of hydrogen-bond donors (Lipinski definition) is 2. The van der Waals surface area contributed by atoms with Crippen LogP contribution < -0.4 is 10.9 Å². The van der Waals surface area contributed by atoms with Gasteiger partial charge in [0.25, 0.3) is 5.91 Å². The van der Waals surface area contributed by atoms with Gasteiger partial charge in [-0.2, -0.15) is 0 Å². The Bertz CT molecular complexity index is 1130. The highest BCUT2D eigenvalue weighted by Crippen LogP contribution is 2.21. The number of phenolic OH excluding ortho intramolecular Hbond substituents is 1. The fourth-order valence-corrected chi connectivity index (χ4v) is 3.28. The molecule has 4 rings (SSSR count). The van der Waals surface area contributed by atoms with Crippen molar-refractivity contribution < 1.29 is 23.4 Å². The van der Waals surface area contributed by atoms with E-state index in [0.29, 0.717) is 35.4 Å². The number of ether oxygens (including phenoxy) is 1. The summed E-state index contributed by atoms with van der Waals surface area (Å²) in [7, 11) is 0. The molecule has 0 radical (unpaired) electrons. The molecule has 1 fully saturated rings. The lowest BCUT2D eigenvalue weighted by Gasteiger charge is -2.11. The highest BCUT2D eigenvalue weighted by molar-refractivity contribution is 5.96. The number of rotatable bonds is 4. The van der Waals surface area contributed by atoms with Crippen LogP contribution in [-0.4, -0.2) is 30.3 Å². The fourth-order valence-electron chi connectivity index (χ4n) is 3.28. The maximum atomic E-state index is 13.6. The summed E-state index contributed by atoms with van der Waals surface area (Å²) in [6.45, 7) is 2.75. The second kappa shape index (κ2) is 8.05. The first kappa shape index (κ1) is 19.1. The second-order valence-corrected chi connectivity index (χ2v) is 7.08. The number of carbonyl (C=O) groups excluding carboxylic acids is 1. The summed E-state index contributed by atoms with van der Waals surface area (Å²) < 4.78 is 25.0. The number of aromatic hydroxyl groups is 1. The minimum absolute atomic E-state index is 0.00780. The van der Waals surface area contributed by atoms with Gasteiger partial charge < -0.3 is 19.6 Å². The second-order valence-electron chi connectivity index (χ2n) is 7.08. The lowest BCUT2D eigenvalue weighted by Crippen LogP contribution is -2.34. The van der Waals surface area contributed by atoms with Gasteiger partial charge in [-0.15, -0.1) is 0 Å². The van der Waals surface area contributed by atoms with Gasteiger partial charge in [-0.05, 0) is 61.7 Å². The van der Waals surface area contributed by atoms with Crippen LogP contribution in [0.1, 0.15) is 28.8 Å². The van der Waals surface area contributed by atoms with Gasteiger partial charge in [0.2, 0.25) is 5.55 Å². The molecule has 6 nitrogen and oxygen atoms in total. The normalized spacial score (nSPS) is 17.0. The van der Waals surface area contributed by atoms with Crippen LogP contribution in [0.4, 0.5) is 10.1 Å². The van der Waals surface area contributed by atoms with Crippen LogP contribution >= 0.6 is 0 Å². The molecule has 150 valence electrons. The van der Waals surface area contributed by atoms with Crippen LogP contribution in [0.5, 0.6) is 5.75 Å². The number of aryl methyl sites for hydroxylation is 1. The number of hydrogen-bond acceptors (Lipinski definition) is 5. The van der Waals surface area contributed by atoms with Crippen molar-refractivity contribution in [3.63, 3.8) is 0 Å². The Kier molecular flexibility index (Phi) is 5.31. The van der Waals surface area contributed by atoms with Crippen molar-refractivity contribution in [3.05, 3.63) is 65.0 Å². The van der Waals surface area contributed by atoms with Gasteiger partial charge in [-0.3, -0.25) is 4.79 Å². The Morgan fingerprint density at radius 2 is 2.14 bits per heavy atom. The zero-order valence-electron chi connectivity index (χ0n) is 15.9. The zero-order valence-corrected chi connectivity index (χ0v) is 15.9. The number of phenols is 1. The molecular formula is C22H21FN2O4. The van der Waals surface area contributed by atoms with E-state index in [9.17, 15) is 14.3 Å². The molecule has 1 atom stereocenters. The largest absolute Gasteiger partial charge is 0.508 e. The van der Waals surface area contributed by atoms with Crippen LogP contribution in [-0.2, 0) is 4.74 Å². The Morgan fingerprint density at radius 1 is 1.28 bits per heavy atom. The van der Waals surface area contributed by atoms with E-state index in [4.69, 9.17) is 9.15 Å². The maximum absolute atomic E-state index is 13.6. The van der Waals surface area contributed by atoms with E-state index < -0.39 is 0 Å². The molecular weight excluding hydrogens is 375 g/mol. The topological polar surface area (TPSA) is 84.1 Å². The molecule has 2 N–H and O–H groups in total. The number of nitrogens with zero attached hydrogens (tertiary/aromatic N) is 1. The molecule has 1 aliphatic rings. The van der Waals surface area contributed by atoms with Crippen molar-refractivity contribution in [3.8, 4) is 5.75 Å². The van der Waals surface area contributed by atoms with E-state index in [1.54, 1.807) is 25.1 Å². The number of halogens is 1. The Morgan fingerprint density at radius 3 is 2.90 bits per heavy atom. The molecule has 1 unspecified atom stereocenters. The van der Waals surface area contributed by atoms with Gasteiger partial charge in [0.1, 0.15) is 22.7 Å². The lowest BCUT2D eigenvalue weighted by molar-refractivity contribution is 0.0854. The molecule has 2 aromatic carbocycles. The van der Waals surface area contributed by atoms with Crippen LogP contribution in [0.3, 0.4) is 0 Å². The highest BCUT2D eigenvalue weighted by Gasteiger charge is 2.18. The van der Waals surface area contributed by atoms with Crippen molar-refractivity contribution in [2.24, 2.45) is 4.99 Å². The molecule has 0 aliphatic carbocycles. The van der Waals surface area contributed by atoms with E-state index in [0.717, 1.165) is 12.8 Å². The standard InChI is InChI=1S/C22H21FN2O4/c1-13-9-15(5-7-19(13)23)25-22-18(21(27)24-12-17-3-2-8-28-17)10-14-4-6-16(26)11-20(14)29-22/h4-7,9-11,17,26H,2-3,8,12H2,1H3,(H,24,27). The summed E-state index contributed by atoms with van der Waals surface area (Å²) in [6.07, 6.45) is 1.90. The van der Waals surface area contributed by atoms with Gasteiger partial charge in [-0.1, -0.05) is 0 Å². The van der Waals surface area contributed by atoms with E-state index in [-0.39, 0.29) is 34.7 Å².